The molecule has 0 bridgehead atoms. The van der Waals surface area contributed by atoms with E-state index in [9.17, 15) is 19.3 Å². The Hall–Kier alpha value is -1.98. The number of carbonyl (C=O) groups excluding carboxylic acids is 1. The molecular formula is C14H17FN2O3. The first-order valence-corrected chi connectivity index (χ1v) is 6.79. The van der Waals surface area contributed by atoms with Gasteiger partial charge in [0.1, 0.15) is 5.82 Å². The average molecular weight is 280 g/mol. The molecule has 1 aliphatic rings. The summed E-state index contributed by atoms with van der Waals surface area (Å²) in [4.78, 5) is 24.2. The molecule has 1 aromatic carbocycles. The minimum Gasteiger partial charge on any atom is -0.336 e. The van der Waals surface area contributed by atoms with Gasteiger partial charge in [-0.2, -0.15) is 0 Å². The van der Waals surface area contributed by atoms with Crippen molar-refractivity contribution in [2.75, 3.05) is 6.54 Å². The Labute approximate surface area is 116 Å². The third-order valence-electron chi connectivity index (χ3n) is 3.75. The fourth-order valence-electron chi connectivity index (χ4n) is 2.64. The Morgan fingerprint density at radius 3 is 2.90 bits per heavy atom. The smallest absolute Gasteiger partial charge is 0.270 e. The number of nitrogens with zero attached hydrogens (tertiary/aromatic N) is 2. The maximum Gasteiger partial charge on any atom is 0.270 e. The van der Waals surface area contributed by atoms with Crippen LogP contribution >= 0.6 is 0 Å². The van der Waals surface area contributed by atoms with Crippen molar-refractivity contribution >= 4 is 11.6 Å². The van der Waals surface area contributed by atoms with Gasteiger partial charge in [0.05, 0.1) is 10.5 Å². The van der Waals surface area contributed by atoms with Crippen LogP contribution in [0.5, 0.6) is 0 Å². The summed E-state index contributed by atoms with van der Waals surface area (Å²) in [6.07, 6.45) is 3.65. The molecule has 1 heterocycles. The highest BCUT2D eigenvalue weighted by Gasteiger charge is 2.28. The van der Waals surface area contributed by atoms with Gasteiger partial charge in [-0.25, -0.2) is 4.39 Å². The summed E-state index contributed by atoms with van der Waals surface area (Å²) in [5.74, 6) is -1.15. The zero-order valence-corrected chi connectivity index (χ0v) is 11.3. The molecule has 1 unspecified atom stereocenters. The summed E-state index contributed by atoms with van der Waals surface area (Å²) < 4.78 is 13.8. The van der Waals surface area contributed by atoms with Gasteiger partial charge >= 0.3 is 0 Å². The highest BCUT2D eigenvalue weighted by atomic mass is 19.1. The van der Waals surface area contributed by atoms with Gasteiger partial charge in [0.2, 0.25) is 0 Å². The number of hydrogen-bond acceptors (Lipinski definition) is 3. The number of nitro groups is 1. The van der Waals surface area contributed by atoms with Gasteiger partial charge in [0.15, 0.2) is 0 Å². The van der Waals surface area contributed by atoms with Crippen LogP contribution in [0.15, 0.2) is 18.2 Å². The second-order valence-corrected chi connectivity index (χ2v) is 4.98. The molecule has 1 amide bonds. The van der Waals surface area contributed by atoms with E-state index >= 15 is 0 Å². The molecule has 1 aromatic rings. The highest BCUT2D eigenvalue weighted by molar-refractivity contribution is 5.95. The summed E-state index contributed by atoms with van der Waals surface area (Å²) in [7, 11) is 0. The highest BCUT2D eigenvalue weighted by Crippen LogP contribution is 2.24. The Morgan fingerprint density at radius 2 is 2.25 bits per heavy atom. The van der Waals surface area contributed by atoms with Gasteiger partial charge in [-0.15, -0.1) is 0 Å². The zero-order chi connectivity index (χ0) is 14.7. The summed E-state index contributed by atoms with van der Waals surface area (Å²) in [6.45, 7) is 2.57. The normalized spacial score (nSPS) is 18.9. The molecule has 1 aliphatic heterocycles. The molecule has 1 fully saturated rings. The fourth-order valence-corrected chi connectivity index (χ4v) is 2.64. The first kappa shape index (κ1) is 14.4. The van der Waals surface area contributed by atoms with E-state index in [0.29, 0.717) is 6.54 Å². The molecular weight excluding hydrogens is 263 g/mol. The van der Waals surface area contributed by atoms with Crippen molar-refractivity contribution < 1.29 is 14.1 Å². The lowest BCUT2D eigenvalue weighted by molar-refractivity contribution is -0.384. The molecule has 0 radical (unpaired) electrons. The van der Waals surface area contributed by atoms with E-state index in [1.165, 1.54) is 0 Å². The third kappa shape index (κ3) is 2.79. The van der Waals surface area contributed by atoms with Crippen molar-refractivity contribution in [2.24, 2.45) is 0 Å². The minimum atomic E-state index is -0.707. The van der Waals surface area contributed by atoms with Crippen molar-refractivity contribution in [1.82, 2.24) is 4.90 Å². The van der Waals surface area contributed by atoms with E-state index < -0.39 is 16.6 Å². The number of amides is 1. The molecule has 0 spiro atoms. The van der Waals surface area contributed by atoms with E-state index in [2.05, 4.69) is 0 Å². The monoisotopic (exact) mass is 280 g/mol. The summed E-state index contributed by atoms with van der Waals surface area (Å²) in [5, 5.41) is 10.7. The number of likely N-dealkylation sites (tertiary alicyclic amines) is 1. The Bertz CT molecular complexity index is 533. The van der Waals surface area contributed by atoms with Crippen LogP contribution in [0.4, 0.5) is 10.1 Å². The number of hydrogen-bond donors (Lipinski definition) is 0. The average Bonchev–Trinajstić information content (AvgIpc) is 2.46. The predicted molar refractivity (Wildman–Crippen MR) is 72.0 cm³/mol. The van der Waals surface area contributed by atoms with Gasteiger partial charge in [-0.1, -0.05) is 6.92 Å². The summed E-state index contributed by atoms with van der Waals surface area (Å²) in [6, 6.07) is 3.17. The first-order chi connectivity index (χ1) is 9.54. The first-order valence-electron chi connectivity index (χ1n) is 6.79. The number of benzene rings is 1. The van der Waals surface area contributed by atoms with Crippen LogP contribution in [0, 0.1) is 15.9 Å². The second-order valence-electron chi connectivity index (χ2n) is 4.98. The van der Waals surface area contributed by atoms with E-state index in [0.717, 1.165) is 43.9 Å². The van der Waals surface area contributed by atoms with Crippen molar-refractivity contribution in [3.8, 4) is 0 Å². The van der Waals surface area contributed by atoms with E-state index in [4.69, 9.17) is 0 Å². The van der Waals surface area contributed by atoms with Crippen molar-refractivity contribution in [3.63, 3.8) is 0 Å². The lowest BCUT2D eigenvalue weighted by atomic mass is 9.98. The van der Waals surface area contributed by atoms with Gasteiger partial charge in [0.25, 0.3) is 11.6 Å². The maximum absolute atomic E-state index is 13.8. The Morgan fingerprint density at radius 1 is 1.50 bits per heavy atom. The topological polar surface area (TPSA) is 63.5 Å². The van der Waals surface area contributed by atoms with Crippen molar-refractivity contribution in [2.45, 2.75) is 38.6 Å². The molecule has 5 nitrogen and oxygen atoms in total. The van der Waals surface area contributed by atoms with Crippen LogP contribution in [-0.4, -0.2) is 28.3 Å². The molecule has 1 atom stereocenters. The number of rotatable bonds is 3. The Balaban J connectivity index is 2.32. The van der Waals surface area contributed by atoms with Crippen LogP contribution in [0.3, 0.4) is 0 Å². The van der Waals surface area contributed by atoms with Gasteiger partial charge in [-0.05, 0) is 31.7 Å². The number of non-ortho nitro benzene ring substituents is 1. The lowest BCUT2D eigenvalue weighted by Crippen LogP contribution is -2.43. The molecule has 0 N–H and O–H groups in total. The molecule has 0 aliphatic carbocycles. The molecule has 2 rings (SSSR count). The molecule has 20 heavy (non-hydrogen) atoms. The maximum atomic E-state index is 13.8. The number of carbonyl (C=O) groups is 1. The van der Waals surface area contributed by atoms with Crippen LogP contribution in [0.2, 0.25) is 0 Å². The number of piperidine rings is 1. The van der Waals surface area contributed by atoms with Crippen molar-refractivity contribution in [1.29, 1.82) is 0 Å². The lowest BCUT2D eigenvalue weighted by Gasteiger charge is -2.35. The van der Waals surface area contributed by atoms with Gasteiger partial charge < -0.3 is 4.90 Å². The number of halogens is 1. The molecule has 1 saturated heterocycles. The van der Waals surface area contributed by atoms with Crippen LogP contribution in [0.1, 0.15) is 43.0 Å². The fraction of sp³-hybridized carbons (Fsp3) is 0.500. The van der Waals surface area contributed by atoms with Crippen LogP contribution < -0.4 is 0 Å². The summed E-state index contributed by atoms with van der Waals surface area (Å²) >= 11 is 0. The van der Waals surface area contributed by atoms with E-state index in [1.807, 2.05) is 6.92 Å². The number of nitro benzene ring substituents is 1. The minimum absolute atomic E-state index is 0.0925. The van der Waals surface area contributed by atoms with Crippen LogP contribution in [0.25, 0.3) is 0 Å². The molecule has 108 valence electrons. The van der Waals surface area contributed by atoms with Gasteiger partial charge in [-0.3, -0.25) is 14.9 Å². The van der Waals surface area contributed by atoms with E-state index in [1.54, 1.807) is 4.90 Å². The predicted octanol–water partition coefficient (Wildman–Crippen LogP) is 3.14. The standard InChI is InChI=1S/C14H17FN2O3/c1-2-10-5-3-4-8-16(10)14(18)12-9-11(17(19)20)6-7-13(12)15/h6-7,9-10H,2-5,8H2,1H3. The van der Waals surface area contributed by atoms with Crippen molar-refractivity contribution in [3.05, 3.63) is 39.7 Å². The molecule has 6 heteroatoms. The van der Waals surface area contributed by atoms with E-state index in [-0.39, 0.29) is 17.3 Å². The SMILES string of the molecule is CCC1CCCCN1C(=O)c1cc([N+](=O)[O-])ccc1F. The second kappa shape index (κ2) is 5.98. The quantitative estimate of drug-likeness (QED) is 0.631. The van der Waals surface area contributed by atoms with Gasteiger partial charge in [0, 0.05) is 24.7 Å². The Kier molecular flexibility index (Phi) is 4.32. The molecule has 0 saturated carbocycles. The summed E-state index contributed by atoms with van der Waals surface area (Å²) in [5.41, 5.74) is -0.473. The third-order valence-corrected chi connectivity index (χ3v) is 3.75. The zero-order valence-electron chi connectivity index (χ0n) is 11.3. The molecule has 0 aromatic heterocycles. The van der Waals surface area contributed by atoms with Crippen LogP contribution in [-0.2, 0) is 0 Å². The largest absolute Gasteiger partial charge is 0.336 e.